The number of aryl methyl sites for hydroxylation is 1. The van der Waals surface area contributed by atoms with E-state index in [4.69, 9.17) is 0 Å². The van der Waals surface area contributed by atoms with Crippen LogP contribution in [0.25, 0.3) is 11.2 Å². The van der Waals surface area contributed by atoms with Crippen molar-refractivity contribution >= 4 is 17.1 Å². The van der Waals surface area contributed by atoms with Gasteiger partial charge in [-0.25, -0.2) is 9.18 Å². The summed E-state index contributed by atoms with van der Waals surface area (Å²) < 4.78 is 18.2. The third kappa shape index (κ3) is 3.50. The second-order valence-corrected chi connectivity index (χ2v) is 6.87. The molecule has 3 rings (SSSR count). The molecule has 2 heterocycles. The predicted octanol–water partition coefficient (Wildman–Crippen LogP) is -0.822. The summed E-state index contributed by atoms with van der Waals surface area (Å²) in [6.45, 7) is 1.59. The Morgan fingerprint density at radius 3 is 2.52 bits per heavy atom. The van der Waals surface area contributed by atoms with Crippen molar-refractivity contribution in [3.8, 4) is 0 Å². The number of fused-ring (bicyclic) bond motifs is 1. The number of benzene rings is 1. The van der Waals surface area contributed by atoms with Crippen LogP contribution in [0.4, 0.5) is 10.3 Å². The monoisotopic (exact) mass is 375 g/mol. The van der Waals surface area contributed by atoms with Gasteiger partial charge in [-0.3, -0.25) is 18.5 Å². The molecule has 1 aromatic carbocycles. The van der Waals surface area contributed by atoms with E-state index in [9.17, 15) is 14.0 Å². The van der Waals surface area contributed by atoms with Crippen molar-refractivity contribution in [3.63, 3.8) is 0 Å². The molecule has 0 fully saturated rings. The molecule has 0 unspecified atom stereocenters. The molecule has 0 atom stereocenters. The number of hydrogen-bond acceptors (Lipinski definition) is 4. The Kier molecular flexibility index (Phi) is 5.13. The molecule has 0 spiro atoms. The molecular weight excluding hydrogens is 351 g/mol. The van der Waals surface area contributed by atoms with Crippen molar-refractivity contribution in [2.45, 2.75) is 6.54 Å². The Balaban J connectivity index is 2.19. The summed E-state index contributed by atoms with van der Waals surface area (Å²) in [6, 6.07) is 6.41. The van der Waals surface area contributed by atoms with Gasteiger partial charge in [0.2, 0.25) is 5.95 Å². The second-order valence-electron chi connectivity index (χ2n) is 6.87. The Morgan fingerprint density at radius 1 is 1.15 bits per heavy atom. The van der Waals surface area contributed by atoms with Crippen LogP contribution in [0, 0.1) is 5.82 Å². The summed E-state index contributed by atoms with van der Waals surface area (Å²) in [5, 5.41) is 3.21. The minimum atomic E-state index is -0.455. The van der Waals surface area contributed by atoms with Gasteiger partial charge in [-0.1, -0.05) is 18.2 Å². The van der Waals surface area contributed by atoms with Crippen LogP contribution in [0.15, 0.2) is 33.9 Å². The normalized spacial score (nSPS) is 11.5. The summed E-state index contributed by atoms with van der Waals surface area (Å²) in [7, 11) is 7.05. The lowest BCUT2D eigenvalue weighted by Gasteiger charge is -2.12. The molecule has 0 aliphatic carbocycles. The zero-order chi connectivity index (χ0) is 19.7. The smallest absolute Gasteiger partial charge is 0.332 e. The minimum Gasteiger partial charge on any atom is -0.350 e. The van der Waals surface area contributed by atoms with Crippen LogP contribution in [-0.2, 0) is 20.6 Å². The molecule has 27 heavy (non-hydrogen) atoms. The van der Waals surface area contributed by atoms with Gasteiger partial charge in [0.15, 0.2) is 11.2 Å². The molecule has 144 valence electrons. The van der Waals surface area contributed by atoms with Crippen molar-refractivity contribution in [2.75, 3.05) is 32.5 Å². The third-order valence-electron chi connectivity index (χ3n) is 4.54. The van der Waals surface area contributed by atoms with E-state index >= 15 is 0 Å². The number of hydrogen-bond donors (Lipinski definition) is 2. The highest BCUT2D eigenvalue weighted by molar-refractivity contribution is 5.74. The van der Waals surface area contributed by atoms with Gasteiger partial charge in [0.1, 0.15) is 5.82 Å². The van der Waals surface area contributed by atoms with Crippen molar-refractivity contribution in [1.29, 1.82) is 0 Å². The first-order valence-electron chi connectivity index (χ1n) is 8.73. The maximum atomic E-state index is 14.2. The number of aromatic nitrogens is 4. The van der Waals surface area contributed by atoms with Gasteiger partial charge >= 0.3 is 5.69 Å². The van der Waals surface area contributed by atoms with E-state index in [0.29, 0.717) is 18.1 Å². The van der Waals surface area contributed by atoms with Gasteiger partial charge in [0.05, 0.1) is 33.7 Å². The summed E-state index contributed by atoms with van der Waals surface area (Å²) >= 11 is 0. The lowest BCUT2D eigenvalue weighted by molar-refractivity contribution is -0.856. The van der Waals surface area contributed by atoms with E-state index in [1.165, 1.54) is 22.6 Å². The topological polar surface area (TPSA) is 78.3 Å². The number of likely N-dealkylation sites (N-methyl/N-ethyl adjacent to an activating group) is 1. The van der Waals surface area contributed by atoms with Crippen LogP contribution in [0.2, 0.25) is 0 Å². The highest BCUT2D eigenvalue weighted by atomic mass is 19.1. The highest BCUT2D eigenvalue weighted by Crippen LogP contribution is 2.19. The zero-order valence-electron chi connectivity index (χ0n) is 15.9. The molecule has 8 nitrogen and oxygen atoms in total. The molecule has 3 aromatic rings. The van der Waals surface area contributed by atoms with Crippen molar-refractivity contribution in [2.24, 2.45) is 14.1 Å². The summed E-state index contributed by atoms with van der Waals surface area (Å²) in [5.74, 6) is 0.0810. The first kappa shape index (κ1) is 18.8. The summed E-state index contributed by atoms with van der Waals surface area (Å²) in [6.07, 6.45) is 0. The van der Waals surface area contributed by atoms with E-state index in [1.54, 1.807) is 29.8 Å². The highest BCUT2D eigenvalue weighted by Gasteiger charge is 2.20. The SMILES string of the molecule is Cn1c(=O)c2c(nc(NCC[NH+](C)C)n2Cc2ccccc2F)n(C)c1=O. The predicted molar refractivity (Wildman–Crippen MR) is 102 cm³/mol. The Morgan fingerprint density at radius 2 is 1.85 bits per heavy atom. The van der Waals surface area contributed by atoms with Gasteiger partial charge in [0.25, 0.3) is 5.56 Å². The zero-order valence-corrected chi connectivity index (χ0v) is 15.9. The van der Waals surface area contributed by atoms with Crippen LogP contribution >= 0.6 is 0 Å². The van der Waals surface area contributed by atoms with Crippen LogP contribution in [-0.4, -0.2) is 45.9 Å². The molecule has 0 aliphatic heterocycles. The Labute approximate surface area is 155 Å². The van der Waals surface area contributed by atoms with E-state index in [0.717, 1.165) is 11.1 Å². The Hall–Kier alpha value is -2.94. The van der Waals surface area contributed by atoms with Gasteiger partial charge < -0.3 is 10.2 Å². The largest absolute Gasteiger partial charge is 0.350 e. The fraction of sp³-hybridized carbons (Fsp3) is 0.389. The number of imidazole rings is 1. The van der Waals surface area contributed by atoms with Crippen molar-refractivity contribution < 1.29 is 9.29 Å². The first-order valence-corrected chi connectivity index (χ1v) is 8.73. The lowest BCUT2D eigenvalue weighted by atomic mass is 10.2. The minimum absolute atomic E-state index is 0.133. The number of halogens is 1. The standard InChI is InChI=1S/C18H23FN6O2/c1-22(2)10-9-20-17-21-15-14(16(26)24(4)18(27)23(15)3)25(17)11-12-7-5-6-8-13(12)19/h5-8H,9-11H2,1-4H3,(H,20,21)/p+1. The van der Waals surface area contributed by atoms with Gasteiger partial charge in [-0.2, -0.15) is 4.98 Å². The summed E-state index contributed by atoms with van der Waals surface area (Å²) in [5.41, 5.74) is 0.0752. The summed E-state index contributed by atoms with van der Waals surface area (Å²) in [4.78, 5) is 30.7. The molecule has 9 heteroatoms. The van der Waals surface area contributed by atoms with Gasteiger partial charge in [0, 0.05) is 19.7 Å². The molecule has 0 saturated heterocycles. The molecule has 0 bridgehead atoms. The third-order valence-corrected chi connectivity index (χ3v) is 4.54. The number of rotatable bonds is 6. The van der Waals surface area contributed by atoms with E-state index in [1.807, 2.05) is 14.1 Å². The van der Waals surface area contributed by atoms with E-state index in [2.05, 4.69) is 10.3 Å². The number of nitrogens with zero attached hydrogens (tertiary/aromatic N) is 4. The maximum Gasteiger partial charge on any atom is 0.332 e. The average Bonchev–Trinajstić information content (AvgIpc) is 2.98. The number of nitrogens with one attached hydrogen (secondary N) is 2. The Bertz CT molecular complexity index is 1100. The maximum absolute atomic E-state index is 14.2. The van der Waals surface area contributed by atoms with E-state index < -0.39 is 11.2 Å². The fourth-order valence-corrected chi connectivity index (χ4v) is 2.96. The molecular formula is C18H24FN6O2+. The lowest BCUT2D eigenvalue weighted by Crippen LogP contribution is -3.06. The van der Waals surface area contributed by atoms with E-state index in [-0.39, 0.29) is 23.5 Å². The molecule has 2 aromatic heterocycles. The van der Waals surface area contributed by atoms with Gasteiger partial charge in [-0.15, -0.1) is 0 Å². The van der Waals surface area contributed by atoms with Crippen LogP contribution in [0.1, 0.15) is 5.56 Å². The van der Waals surface area contributed by atoms with Crippen molar-refractivity contribution in [3.05, 3.63) is 56.5 Å². The van der Waals surface area contributed by atoms with Crippen LogP contribution in [0.5, 0.6) is 0 Å². The molecule has 0 radical (unpaired) electrons. The van der Waals surface area contributed by atoms with Crippen molar-refractivity contribution in [1.82, 2.24) is 18.7 Å². The quantitative estimate of drug-likeness (QED) is 0.590. The van der Waals surface area contributed by atoms with Gasteiger partial charge in [-0.05, 0) is 6.07 Å². The first-order chi connectivity index (χ1) is 12.8. The molecule has 2 N–H and O–H groups in total. The average molecular weight is 375 g/mol. The van der Waals surface area contributed by atoms with Crippen LogP contribution < -0.4 is 21.5 Å². The molecule has 0 amide bonds. The number of anilines is 1. The van der Waals surface area contributed by atoms with Crippen LogP contribution in [0.3, 0.4) is 0 Å². The fourth-order valence-electron chi connectivity index (χ4n) is 2.96. The molecule has 0 saturated carbocycles. The second kappa shape index (κ2) is 7.36. The number of quaternary nitrogens is 1. The molecule has 0 aliphatic rings.